The van der Waals surface area contributed by atoms with E-state index < -0.39 is 0 Å². The molecule has 100 valence electrons. The van der Waals surface area contributed by atoms with Gasteiger partial charge >= 0.3 is 0 Å². The zero-order valence-electron chi connectivity index (χ0n) is 11.5. The molecule has 0 aromatic carbocycles. The SMILES string of the molecule is CCCNCc1ccc(CN2CCC=C(C)C2)o1. The molecule has 0 atom stereocenters. The Morgan fingerprint density at radius 3 is 2.94 bits per heavy atom. The number of rotatable bonds is 6. The molecule has 0 aliphatic carbocycles. The number of furan rings is 1. The molecule has 2 heterocycles. The highest BCUT2D eigenvalue weighted by Crippen LogP contribution is 2.15. The first kappa shape index (κ1) is 13.4. The predicted octanol–water partition coefficient (Wildman–Crippen LogP) is 2.93. The fourth-order valence-electron chi connectivity index (χ4n) is 2.34. The summed E-state index contributed by atoms with van der Waals surface area (Å²) >= 11 is 0. The molecule has 2 rings (SSSR count). The summed E-state index contributed by atoms with van der Waals surface area (Å²) in [5.41, 5.74) is 1.47. The van der Waals surface area contributed by atoms with E-state index in [9.17, 15) is 0 Å². The van der Waals surface area contributed by atoms with Gasteiger partial charge in [0, 0.05) is 13.1 Å². The maximum absolute atomic E-state index is 5.84. The molecule has 3 nitrogen and oxygen atoms in total. The van der Waals surface area contributed by atoms with Crippen molar-refractivity contribution in [3.05, 3.63) is 35.3 Å². The van der Waals surface area contributed by atoms with Gasteiger partial charge in [-0.05, 0) is 38.4 Å². The van der Waals surface area contributed by atoms with Crippen molar-refractivity contribution in [2.75, 3.05) is 19.6 Å². The topological polar surface area (TPSA) is 28.4 Å². The summed E-state index contributed by atoms with van der Waals surface area (Å²) in [4.78, 5) is 2.44. The molecule has 0 radical (unpaired) electrons. The lowest BCUT2D eigenvalue weighted by atomic mass is 10.1. The molecule has 3 heteroatoms. The highest BCUT2D eigenvalue weighted by Gasteiger charge is 2.12. The van der Waals surface area contributed by atoms with Gasteiger partial charge in [0.2, 0.25) is 0 Å². The third kappa shape index (κ3) is 4.00. The molecule has 1 aromatic heterocycles. The third-order valence-electron chi connectivity index (χ3n) is 3.23. The number of nitrogens with zero attached hydrogens (tertiary/aromatic N) is 1. The molecule has 1 aliphatic rings. The van der Waals surface area contributed by atoms with Gasteiger partial charge < -0.3 is 9.73 Å². The maximum atomic E-state index is 5.84. The number of nitrogens with one attached hydrogen (secondary N) is 1. The lowest BCUT2D eigenvalue weighted by Gasteiger charge is -2.24. The van der Waals surface area contributed by atoms with Crippen molar-refractivity contribution in [3.63, 3.8) is 0 Å². The van der Waals surface area contributed by atoms with Crippen LogP contribution in [0, 0.1) is 0 Å². The Morgan fingerprint density at radius 2 is 2.17 bits per heavy atom. The average molecular weight is 248 g/mol. The van der Waals surface area contributed by atoms with Crippen molar-refractivity contribution in [3.8, 4) is 0 Å². The lowest BCUT2D eigenvalue weighted by molar-refractivity contribution is 0.254. The highest BCUT2D eigenvalue weighted by atomic mass is 16.3. The van der Waals surface area contributed by atoms with Gasteiger partial charge in [0.1, 0.15) is 11.5 Å². The van der Waals surface area contributed by atoms with Crippen LogP contribution in [0.2, 0.25) is 0 Å². The van der Waals surface area contributed by atoms with E-state index in [1.807, 2.05) is 0 Å². The number of hydrogen-bond acceptors (Lipinski definition) is 3. The van der Waals surface area contributed by atoms with Crippen LogP contribution in [-0.4, -0.2) is 24.5 Å². The molecule has 0 bridgehead atoms. The van der Waals surface area contributed by atoms with Crippen LogP contribution in [0.25, 0.3) is 0 Å². The fourth-order valence-corrected chi connectivity index (χ4v) is 2.34. The Kier molecular flexibility index (Phi) is 5.02. The van der Waals surface area contributed by atoms with Gasteiger partial charge in [0.15, 0.2) is 0 Å². The largest absolute Gasteiger partial charge is 0.463 e. The normalized spacial score (nSPS) is 16.9. The van der Waals surface area contributed by atoms with Crippen molar-refractivity contribution >= 4 is 0 Å². The second-order valence-electron chi connectivity index (χ2n) is 5.09. The first-order valence-electron chi connectivity index (χ1n) is 6.94. The maximum Gasteiger partial charge on any atom is 0.118 e. The minimum absolute atomic E-state index is 0.840. The smallest absolute Gasteiger partial charge is 0.118 e. The molecular weight excluding hydrogens is 224 g/mol. The number of hydrogen-bond donors (Lipinski definition) is 1. The summed E-state index contributed by atoms with van der Waals surface area (Å²) in [7, 11) is 0. The second-order valence-corrected chi connectivity index (χ2v) is 5.09. The Bertz CT molecular complexity index is 395. The zero-order valence-corrected chi connectivity index (χ0v) is 11.5. The van der Waals surface area contributed by atoms with Crippen molar-refractivity contribution in [2.45, 2.75) is 39.8 Å². The summed E-state index contributed by atoms with van der Waals surface area (Å²) in [6, 6.07) is 4.20. The first-order valence-corrected chi connectivity index (χ1v) is 6.94. The Labute approximate surface area is 110 Å². The summed E-state index contributed by atoms with van der Waals surface area (Å²) in [6.45, 7) is 9.41. The molecule has 1 aromatic rings. The van der Waals surface area contributed by atoms with Gasteiger partial charge in [0.25, 0.3) is 0 Å². The Balaban J connectivity index is 1.81. The van der Waals surface area contributed by atoms with Gasteiger partial charge in [-0.3, -0.25) is 4.90 Å². The van der Waals surface area contributed by atoms with E-state index in [4.69, 9.17) is 4.42 Å². The van der Waals surface area contributed by atoms with Crippen LogP contribution < -0.4 is 5.32 Å². The van der Waals surface area contributed by atoms with E-state index in [1.54, 1.807) is 0 Å². The van der Waals surface area contributed by atoms with Crippen LogP contribution in [0.5, 0.6) is 0 Å². The van der Waals surface area contributed by atoms with Crippen LogP contribution in [0.15, 0.2) is 28.2 Å². The molecule has 18 heavy (non-hydrogen) atoms. The van der Waals surface area contributed by atoms with E-state index in [0.29, 0.717) is 0 Å². The molecule has 0 spiro atoms. The van der Waals surface area contributed by atoms with Gasteiger partial charge in [-0.25, -0.2) is 0 Å². The van der Waals surface area contributed by atoms with E-state index in [0.717, 1.165) is 57.1 Å². The Hall–Kier alpha value is -1.06. The molecule has 0 fully saturated rings. The van der Waals surface area contributed by atoms with Crippen molar-refractivity contribution in [1.82, 2.24) is 10.2 Å². The molecule has 1 N–H and O–H groups in total. The minimum Gasteiger partial charge on any atom is -0.463 e. The summed E-state index contributed by atoms with van der Waals surface area (Å²) in [5.74, 6) is 2.13. The predicted molar refractivity (Wildman–Crippen MR) is 74.4 cm³/mol. The standard InChI is InChI=1S/C15H24N2O/c1-3-8-16-10-14-6-7-15(18-14)12-17-9-4-5-13(2)11-17/h5-7,16H,3-4,8-12H2,1-2H3. The average Bonchev–Trinajstić information content (AvgIpc) is 2.77. The van der Waals surface area contributed by atoms with Crippen LogP contribution >= 0.6 is 0 Å². The van der Waals surface area contributed by atoms with Crippen molar-refractivity contribution in [1.29, 1.82) is 0 Å². The molecule has 1 aliphatic heterocycles. The fraction of sp³-hybridized carbons (Fsp3) is 0.600. The molecule has 0 saturated carbocycles. The van der Waals surface area contributed by atoms with Crippen LogP contribution in [0.4, 0.5) is 0 Å². The van der Waals surface area contributed by atoms with E-state index in [1.165, 1.54) is 5.57 Å². The molecule has 0 unspecified atom stereocenters. The zero-order chi connectivity index (χ0) is 12.8. The van der Waals surface area contributed by atoms with E-state index >= 15 is 0 Å². The third-order valence-corrected chi connectivity index (χ3v) is 3.23. The molecular formula is C15H24N2O. The lowest BCUT2D eigenvalue weighted by Crippen LogP contribution is -2.28. The monoisotopic (exact) mass is 248 g/mol. The summed E-state index contributed by atoms with van der Waals surface area (Å²) in [5, 5.41) is 3.36. The molecule has 0 saturated heterocycles. The van der Waals surface area contributed by atoms with E-state index in [-0.39, 0.29) is 0 Å². The summed E-state index contributed by atoms with van der Waals surface area (Å²) in [6.07, 6.45) is 4.66. The van der Waals surface area contributed by atoms with E-state index in [2.05, 4.69) is 42.3 Å². The summed E-state index contributed by atoms with van der Waals surface area (Å²) < 4.78 is 5.84. The van der Waals surface area contributed by atoms with Crippen molar-refractivity contribution < 1.29 is 4.42 Å². The quantitative estimate of drug-likeness (QED) is 0.620. The van der Waals surface area contributed by atoms with Crippen molar-refractivity contribution in [2.24, 2.45) is 0 Å². The van der Waals surface area contributed by atoms with Gasteiger partial charge in [0.05, 0.1) is 13.1 Å². The van der Waals surface area contributed by atoms with Crippen LogP contribution in [0.3, 0.4) is 0 Å². The Morgan fingerprint density at radius 1 is 1.33 bits per heavy atom. The van der Waals surface area contributed by atoms with Crippen LogP contribution in [-0.2, 0) is 13.1 Å². The van der Waals surface area contributed by atoms with Gasteiger partial charge in [-0.1, -0.05) is 18.6 Å². The highest BCUT2D eigenvalue weighted by molar-refractivity contribution is 5.09. The van der Waals surface area contributed by atoms with Crippen LogP contribution in [0.1, 0.15) is 38.2 Å². The van der Waals surface area contributed by atoms with Gasteiger partial charge in [-0.2, -0.15) is 0 Å². The second kappa shape index (κ2) is 6.76. The minimum atomic E-state index is 0.840. The van der Waals surface area contributed by atoms with Gasteiger partial charge in [-0.15, -0.1) is 0 Å². The molecule has 0 amide bonds. The first-order chi connectivity index (χ1) is 8.78.